The topological polar surface area (TPSA) is 248 Å². The van der Waals surface area contributed by atoms with Gasteiger partial charge in [0.05, 0.1) is 17.2 Å². The number of Topliss-reactive ketones (excluding diaryl/α,β-unsaturated/α-hetero) is 2. The zero-order valence-electron chi connectivity index (χ0n) is 27.4. The van der Waals surface area contributed by atoms with Crippen LogP contribution in [0.15, 0.2) is 94.9 Å². The fourth-order valence-corrected chi connectivity index (χ4v) is 6.72. The molecule has 0 aromatic heterocycles. The second kappa shape index (κ2) is 13.9. The predicted octanol–water partition coefficient (Wildman–Crippen LogP) is 3.02. The van der Waals surface area contributed by atoms with Crippen LogP contribution in [0.25, 0.3) is 5.76 Å². The number of benzene rings is 3. The van der Waals surface area contributed by atoms with Gasteiger partial charge in [0, 0.05) is 5.57 Å². The minimum Gasteiger partial charge on any atom is -0.507 e. The number of allylic oxidation sites excluding steroid dienone is 1. The van der Waals surface area contributed by atoms with Crippen LogP contribution in [0.2, 0.25) is 0 Å². The van der Waals surface area contributed by atoms with Gasteiger partial charge in [-0.05, 0) is 47.6 Å². The van der Waals surface area contributed by atoms with E-state index in [-0.39, 0.29) is 42.9 Å². The third-order valence-corrected chi connectivity index (χ3v) is 9.10. The van der Waals surface area contributed by atoms with E-state index in [2.05, 4.69) is 10.6 Å². The number of ketones is 2. The summed E-state index contributed by atoms with van der Waals surface area (Å²) in [6.45, 7) is -0.360. The molecule has 0 spiro atoms. The maximum Gasteiger partial charge on any atom is 0.433 e. The zero-order valence-corrected chi connectivity index (χ0v) is 27.4. The number of carbonyl (C=O) groups is 5. The lowest BCUT2D eigenvalue weighted by molar-refractivity contribution is -0.153. The molecule has 52 heavy (non-hydrogen) atoms. The first-order valence-electron chi connectivity index (χ1n) is 15.8. The molecule has 0 aliphatic heterocycles. The third kappa shape index (κ3) is 6.04. The van der Waals surface area contributed by atoms with Gasteiger partial charge in [0.1, 0.15) is 43.1 Å². The maximum absolute atomic E-state index is 14.1. The molecular weight excluding hydrogens is 680 g/mol. The molecule has 3 aromatic carbocycles. The number of hydrogen-bond acceptors (Lipinski definition) is 13. The van der Waals surface area contributed by atoms with Crippen LogP contribution in [0.1, 0.15) is 28.7 Å². The van der Waals surface area contributed by atoms with E-state index in [0.717, 1.165) is 18.2 Å². The number of nitrogens with zero attached hydrogens (tertiary/aromatic N) is 2. The van der Waals surface area contributed by atoms with E-state index >= 15 is 0 Å². The van der Waals surface area contributed by atoms with Crippen molar-refractivity contribution in [2.75, 3.05) is 12.1 Å². The van der Waals surface area contributed by atoms with Gasteiger partial charge in [-0.3, -0.25) is 14.4 Å². The molecule has 6 rings (SSSR count). The molecule has 3 atom stereocenters. The summed E-state index contributed by atoms with van der Waals surface area (Å²) in [6.07, 6.45) is -2.73. The Bertz CT molecular complexity index is 2080. The number of fused-ring (bicyclic) bond motifs is 3. The second-order valence-corrected chi connectivity index (χ2v) is 12.1. The van der Waals surface area contributed by atoms with Gasteiger partial charge < -0.3 is 40.5 Å². The van der Waals surface area contributed by atoms with Crippen molar-refractivity contribution in [1.82, 2.24) is 5.43 Å². The summed E-state index contributed by atoms with van der Waals surface area (Å²) < 4.78 is 10.8. The maximum atomic E-state index is 14.1. The summed E-state index contributed by atoms with van der Waals surface area (Å²) in [4.78, 5) is 71.3. The Hall–Kier alpha value is -6.68. The molecule has 1 fully saturated rings. The minimum atomic E-state index is -3.05. The normalized spacial score (nSPS) is 21.5. The van der Waals surface area contributed by atoms with E-state index in [1.807, 2.05) is 0 Å². The number of hydrogen-bond donors (Lipinski definition) is 6. The number of ether oxygens (including phenoxy) is 2. The van der Waals surface area contributed by atoms with Crippen LogP contribution in [-0.2, 0) is 48.3 Å². The van der Waals surface area contributed by atoms with Crippen molar-refractivity contribution in [1.29, 1.82) is 0 Å². The van der Waals surface area contributed by atoms with Gasteiger partial charge in [0.15, 0.2) is 11.4 Å². The van der Waals surface area contributed by atoms with E-state index in [4.69, 9.17) is 20.0 Å². The smallest absolute Gasteiger partial charge is 0.433 e. The summed E-state index contributed by atoms with van der Waals surface area (Å²) in [7, 11) is 1.09. The molecule has 16 nitrogen and oxygen atoms in total. The first-order chi connectivity index (χ1) is 24.9. The number of anilines is 1. The molecular formula is C36H32N4O12. The lowest BCUT2D eigenvalue weighted by Gasteiger charge is -2.45. The Kier molecular flexibility index (Phi) is 9.41. The van der Waals surface area contributed by atoms with Crippen molar-refractivity contribution >= 4 is 46.8 Å². The molecule has 7 N–H and O–H groups in total. The van der Waals surface area contributed by atoms with E-state index in [1.54, 1.807) is 60.7 Å². The molecule has 3 amide bonds. The number of aromatic hydroxyl groups is 1. The highest BCUT2D eigenvalue weighted by Crippen LogP contribution is 2.52. The third-order valence-electron chi connectivity index (χ3n) is 9.10. The average Bonchev–Trinajstić information content (AvgIpc) is 3.13. The molecule has 3 aliphatic rings. The monoisotopic (exact) mass is 712 g/mol. The first kappa shape index (κ1) is 35.2. The van der Waals surface area contributed by atoms with Crippen molar-refractivity contribution in [2.24, 2.45) is 22.7 Å². The Balaban J connectivity index is 1.41. The lowest BCUT2D eigenvalue weighted by atomic mass is 9.58. The van der Waals surface area contributed by atoms with Crippen molar-refractivity contribution in [3.8, 4) is 5.75 Å². The molecule has 0 saturated heterocycles. The number of carbonyl (C=O) groups excluding carboxylic acids is 5. The number of aliphatic hydroxyl groups is 3. The lowest BCUT2D eigenvalue weighted by Crippen LogP contribution is -2.64. The molecule has 268 valence electrons. The molecule has 3 aromatic rings. The van der Waals surface area contributed by atoms with Gasteiger partial charge in [0.25, 0.3) is 5.91 Å². The van der Waals surface area contributed by atoms with Gasteiger partial charge >= 0.3 is 12.2 Å². The first-order valence-corrected chi connectivity index (χ1v) is 15.8. The number of phenolic OH excluding ortho intramolecular Hbond substituents is 1. The summed E-state index contributed by atoms with van der Waals surface area (Å²) in [5, 5.41) is 49.5. The van der Waals surface area contributed by atoms with Crippen LogP contribution in [0.3, 0.4) is 0 Å². The van der Waals surface area contributed by atoms with Crippen LogP contribution in [-0.4, -0.2) is 68.5 Å². The van der Waals surface area contributed by atoms with Gasteiger partial charge in [-0.15, -0.1) is 0 Å². The Morgan fingerprint density at radius 2 is 1.52 bits per heavy atom. The Labute approximate surface area is 295 Å². The van der Waals surface area contributed by atoms with E-state index in [0.29, 0.717) is 11.1 Å². The average molecular weight is 713 g/mol. The van der Waals surface area contributed by atoms with Gasteiger partial charge in [-0.1, -0.05) is 65.8 Å². The highest BCUT2D eigenvalue weighted by Gasteiger charge is 2.64. The number of oxime groups is 1. The van der Waals surface area contributed by atoms with Crippen LogP contribution < -0.4 is 16.2 Å². The molecule has 3 aliphatic carbocycles. The summed E-state index contributed by atoms with van der Waals surface area (Å²) >= 11 is 0. The van der Waals surface area contributed by atoms with E-state index in [9.17, 15) is 44.4 Å². The molecule has 0 bridgehead atoms. The number of phenols is 1. The van der Waals surface area contributed by atoms with Crippen LogP contribution in [0, 0.1) is 11.8 Å². The van der Waals surface area contributed by atoms with E-state index in [1.165, 1.54) is 6.07 Å². The number of nitrogens with one attached hydrogen (secondary N) is 1. The standard InChI is InChI=1S/C36H32N4O12/c1-50-39-28-22-15-20-14-21-23(12-13-24(41)26(21)29(42)25(20)31(44)36(22,49)32(45)27(30(28)43)33(37)46)40(35(48)52-17-19-10-6-3-7-11-19)38-34(47)51-16-18-8-4-2-5-9-18/h2-13,20,22,41-43,49H,14-17H2,1H3,(H2,37,46)(H,38,47)/b39-28-/t20-,22-,36-/m0/s1. The zero-order chi connectivity index (χ0) is 37.3. The van der Waals surface area contributed by atoms with Gasteiger partial charge in [-0.2, -0.15) is 5.01 Å². The van der Waals surface area contributed by atoms with Crippen LogP contribution >= 0.6 is 0 Å². The number of primary amides is 1. The van der Waals surface area contributed by atoms with Crippen LogP contribution in [0.4, 0.5) is 15.3 Å². The highest BCUT2D eigenvalue weighted by molar-refractivity contribution is 6.38. The fraction of sp³-hybridized carbons (Fsp3) is 0.222. The molecule has 16 heteroatoms. The van der Waals surface area contributed by atoms with Crippen molar-refractivity contribution in [3.63, 3.8) is 0 Å². The summed E-state index contributed by atoms with van der Waals surface area (Å²) in [5.74, 6) is -9.30. The number of hydrazine groups is 1. The number of rotatable bonds is 7. The van der Waals surface area contributed by atoms with E-state index < -0.39 is 81.2 Å². The Morgan fingerprint density at radius 1 is 0.904 bits per heavy atom. The largest absolute Gasteiger partial charge is 0.507 e. The van der Waals surface area contributed by atoms with Crippen LogP contribution in [0.5, 0.6) is 5.75 Å². The highest BCUT2D eigenvalue weighted by atomic mass is 16.6. The minimum absolute atomic E-state index is 0.0504. The van der Waals surface area contributed by atoms with Crippen molar-refractivity contribution in [2.45, 2.75) is 31.7 Å². The fourth-order valence-electron chi connectivity index (χ4n) is 6.72. The second-order valence-electron chi connectivity index (χ2n) is 12.1. The predicted molar refractivity (Wildman–Crippen MR) is 180 cm³/mol. The molecule has 0 unspecified atom stereocenters. The molecule has 0 heterocycles. The summed E-state index contributed by atoms with van der Waals surface area (Å²) in [6, 6.07) is 19.8. The number of amides is 3. The molecule has 0 radical (unpaired) electrons. The summed E-state index contributed by atoms with van der Waals surface area (Å²) in [5.41, 5.74) is 3.45. The SMILES string of the molecule is CO/N=C1\C(O)=C(C(N)=O)C(=O)[C@@]2(O)C(=O)C3=C(O)c4c(O)ccc(N(NC(=O)OCc5ccccc5)C(=O)OCc5ccccc5)c4C[C@H]3C[C@@H]12. The van der Waals surface area contributed by atoms with Gasteiger partial charge in [0.2, 0.25) is 11.6 Å². The number of nitrogens with two attached hydrogens (primary N) is 1. The van der Waals surface area contributed by atoms with Gasteiger partial charge in [-0.25, -0.2) is 15.0 Å². The quantitative estimate of drug-likeness (QED) is 0.118. The van der Waals surface area contributed by atoms with Crippen molar-refractivity contribution in [3.05, 3.63) is 112 Å². The van der Waals surface area contributed by atoms with Crippen molar-refractivity contribution < 1.29 is 58.7 Å². The molecule has 1 saturated carbocycles. The number of aliphatic hydroxyl groups excluding tert-OH is 2. The Morgan fingerprint density at radius 3 is 2.12 bits per heavy atom.